The molecule has 4 aromatic rings. The second-order valence-corrected chi connectivity index (χ2v) is 14.7. The number of rotatable bonds is 8. The van der Waals surface area contributed by atoms with Gasteiger partial charge in [0.15, 0.2) is 5.75 Å². The van der Waals surface area contributed by atoms with E-state index >= 15 is 0 Å². The Kier molecular flexibility index (Phi) is 7.36. The number of nitrogens with zero attached hydrogens (tertiary/aromatic N) is 5. The van der Waals surface area contributed by atoms with E-state index in [-0.39, 0.29) is 26.7 Å². The van der Waals surface area contributed by atoms with Crippen LogP contribution in [-0.2, 0) is 0 Å². The fourth-order valence-electron chi connectivity index (χ4n) is 7.55. The van der Waals surface area contributed by atoms with Gasteiger partial charge in [-0.05, 0) is 49.8 Å². The van der Waals surface area contributed by atoms with Gasteiger partial charge in [0, 0.05) is 66.6 Å². The van der Waals surface area contributed by atoms with Crippen LogP contribution in [0.1, 0.15) is 37.7 Å². The highest BCUT2D eigenvalue weighted by Crippen LogP contribution is 2.50. The number of hydrogen-bond acceptors (Lipinski definition) is 10. The first kappa shape index (κ1) is 29.9. The summed E-state index contributed by atoms with van der Waals surface area (Å²) >= 11 is 8.10. The fourth-order valence-corrected chi connectivity index (χ4v) is 8.80. The van der Waals surface area contributed by atoms with E-state index in [0.29, 0.717) is 64.5 Å². The maximum absolute atomic E-state index is 15.0. The Hall–Kier alpha value is -3.50. The van der Waals surface area contributed by atoms with Crippen LogP contribution >= 0.6 is 22.9 Å². The number of nitrogen functional groups attached to an aromatic ring is 1. The van der Waals surface area contributed by atoms with Crippen LogP contribution in [0.3, 0.4) is 0 Å². The molecular formula is C33H34ClF2N7O2S. The lowest BCUT2D eigenvalue weighted by atomic mass is 9.96. The number of methoxy groups -OCH3 is 1. The molecule has 3 N–H and O–H groups in total. The number of ether oxygens (including phenoxy) is 2. The molecule has 8 rings (SSSR count). The van der Waals surface area contributed by atoms with Gasteiger partial charge in [0.1, 0.15) is 34.4 Å². The van der Waals surface area contributed by atoms with Crippen LogP contribution in [0.4, 0.5) is 19.6 Å². The van der Waals surface area contributed by atoms with Crippen molar-refractivity contribution in [2.24, 2.45) is 5.41 Å². The Morgan fingerprint density at radius 1 is 1.20 bits per heavy atom. The maximum atomic E-state index is 15.0. The standard InChI is InChI=1S/C33H34ClF2N7O2S/c1-44-28-26(20-4-5-24(36)29-25(20)22(11-37)30(38)46-29)23(34)10-21-27(28)40-32(41-31(21)43-13-18-2-3-19(14-43)39-18)45-16-33(7-8-33)15-42-9-6-17(35)12-42/h4-5,10,17-19,39H,2-3,6-9,12-16,38H2,1H3/t17-,18?,19?/m1/s1. The first-order chi connectivity index (χ1) is 22.3. The third kappa shape index (κ3) is 5.08. The van der Waals surface area contributed by atoms with Gasteiger partial charge in [-0.15, -0.1) is 11.3 Å². The summed E-state index contributed by atoms with van der Waals surface area (Å²) in [7, 11) is 1.54. The average molecular weight is 666 g/mol. The Morgan fingerprint density at radius 2 is 1.98 bits per heavy atom. The predicted molar refractivity (Wildman–Crippen MR) is 176 cm³/mol. The minimum absolute atomic E-state index is 0.0434. The molecule has 0 radical (unpaired) electrons. The molecule has 240 valence electrons. The van der Waals surface area contributed by atoms with E-state index in [1.165, 1.54) is 6.07 Å². The van der Waals surface area contributed by atoms with E-state index in [4.69, 9.17) is 36.8 Å². The first-order valence-corrected chi connectivity index (χ1v) is 16.9. The fraction of sp³-hybridized carbons (Fsp3) is 0.485. The quantitative estimate of drug-likeness (QED) is 0.237. The molecule has 2 aromatic heterocycles. The minimum atomic E-state index is -0.761. The Bertz CT molecular complexity index is 1900. The number of benzene rings is 2. The van der Waals surface area contributed by atoms with Crippen molar-refractivity contribution < 1.29 is 18.3 Å². The van der Waals surface area contributed by atoms with Gasteiger partial charge in [0.05, 0.1) is 29.0 Å². The number of aromatic nitrogens is 2. The van der Waals surface area contributed by atoms with Gasteiger partial charge in [0.25, 0.3) is 0 Å². The lowest BCUT2D eigenvalue weighted by Gasteiger charge is -2.34. The number of alkyl halides is 1. The molecule has 2 bridgehead atoms. The monoisotopic (exact) mass is 665 g/mol. The van der Waals surface area contributed by atoms with E-state index in [1.54, 1.807) is 13.2 Å². The molecule has 1 aliphatic carbocycles. The number of hydrogen-bond donors (Lipinski definition) is 2. The zero-order chi connectivity index (χ0) is 31.7. The number of piperazine rings is 1. The van der Waals surface area contributed by atoms with Gasteiger partial charge in [-0.1, -0.05) is 17.7 Å². The summed E-state index contributed by atoms with van der Waals surface area (Å²) in [5.74, 6) is 0.630. The highest BCUT2D eigenvalue weighted by molar-refractivity contribution is 7.23. The number of halogens is 3. The summed E-state index contributed by atoms with van der Waals surface area (Å²) in [6, 6.07) is 7.89. The summed E-state index contributed by atoms with van der Waals surface area (Å²) in [6.45, 7) is 4.04. The van der Waals surface area contributed by atoms with Crippen LogP contribution in [0.5, 0.6) is 11.8 Å². The van der Waals surface area contributed by atoms with E-state index in [9.17, 15) is 14.0 Å². The third-order valence-corrected chi connectivity index (χ3v) is 11.3. The number of nitriles is 1. The molecule has 2 aromatic carbocycles. The smallest absolute Gasteiger partial charge is 0.319 e. The number of fused-ring (bicyclic) bond motifs is 4. The molecule has 3 atom stereocenters. The second-order valence-electron chi connectivity index (χ2n) is 13.2. The molecule has 3 aliphatic heterocycles. The van der Waals surface area contributed by atoms with Gasteiger partial charge < -0.3 is 25.4 Å². The van der Waals surface area contributed by atoms with Gasteiger partial charge in [-0.2, -0.15) is 15.2 Å². The molecule has 4 aliphatic rings. The number of nitrogens with two attached hydrogens (primary N) is 1. The SMILES string of the molecule is COc1c(-c2ccc(F)c3sc(N)c(C#N)c23)c(Cl)cc2c(N3CC4CCC(C3)N4)nc(OCC3(CN4CC[C@@H](F)C4)CC3)nc12. The maximum Gasteiger partial charge on any atom is 0.319 e. The predicted octanol–water partition coefficient (Wildman–Crippen LogP) is 5.91. The van der Waals surface area contributed by atoms with Crippen LogP contribution in [-0.4, -0.2) is 79.6 Å². The molecule has 5 heterocycles. The van der Waals surface area contributed by atoms with Crippen LogP contribution in [0, 0.1) is 22.6 Å². The first-order valence-electron chi connectivity index (χ1n) is 15.8. The molecule has 2 unspecified atom stereocenters. The van der Waals surface area contributed by atoms with Crippen LogP contribution < -0.4 is 25.4 Å². The highest BCUT2D eigenvalue weighted by Gasteiger charge is 2.46. The summed E-state index contributed by atoms with van der Waals surface area (Å²) < 4.78 is 41.6. The van der Waals surface area contributed by atoms with E-state index in [0.717, 1.165) is 74.4 Å². The van der Waals surface area contributed by atoms with E-state index < -0.39 is 12.0 Å². The molecule has 0 spiro atoms. The van der Waals surface area contributed by atoms with Crippen molar-refractivity contribution in [3.8, 4) is 29.0 Å². The second kappa shape index (κ2) is 11.3. The number of nitrogens with one attached hydrogen (secondary N) is 1. The lowest BCUT2D eigenvalue weighted by Crippen LogP contribution is -2.51. The molecule has 9 nitrogen and oxygen atoms in total. The van der Waals surface area contributed by atoms with Crippen molar-refractivity contribution >= 4 is 54.7 Å². The molecule has 13 heteroatoms. The number of anilines is 2. The minimum Gasteiger partial charge on any atom is -0.494 e. The van der Waals surface area contributed by atoms with Crippen molar-refractivity contribution in [1.82, 2.24) is 20.2 Å². The van der Waals surface area contributed by atoms with Crippen molar-refractivity contribution in [3.63, 3.8) is 0 Å². The summed E-state index contributed by atoms with van der Waals surface area (Å²) in [4.78, 5) is 14.3. The Balaban J connectivity index is 1.25. The topological polar surface area (TPSA) is 113 Å². The van der Waals surface area contributed by atoms with Crippen molar-refractivity contribution in [1.29, 1.82) is 5.26 Å². The molecule has 0 amide bonds. The third-order valence-electron chi connectivity index (χ3n) is 10.0. The highest BCUT2D eigenvalue weighted by atomic mass is 35.5. The largest absolute Gasteiger partial charge is 0.494 e. The molecule has 1 saturated carbocycles. The zero-order valence-electron chi connectivity index (χ0n) is 25.4. The van der Waals surface area contributed by atoms with Crippen molar-refractivity contribution in [3.05, 3.63) is 34.6 Å². The Morgan fingerprint density at radius 3 is 2.65 bits per heavy atom. The van der Waals surface area contributed by atoms with Gasteiger partial charge >= 0.3 is 6.01 Å². The summed E-state index contributed by atoms with van der Waals surface area (Å²) in [5, 5.41) is 15.3. The zero-order valence-corrected chi connectivity index (χ0v) is 27.0. The van der Waals surface area contributed by atoms with Gasteiger partial charge in [0.2, 0.25) is 0 Å². The number of thiophene rings is 1. The lowest BCUT2D eigenvalue weighted by molar-refractivity contribution is 0.165. The van der Waals surface area contributed by atoms with Crippen molar-refractivity contribution in [2.75, 3.05) is 57.1 Å². The molecule has 3 saturated heterocycles. The van der Waals surface area contributed by atoms with Crippen LogP contribution in [0.25, 0.3) is 32.1 Å². The average Bonchev–Trinajstić information content (AvgIpc) is 3.33. The van der Waals surface area contributed by atoms with Crippen LogP contribution in [0.15, 0.2) is 18.2 Å². The molecule has 4 fully saturated rings. The van der Waals surface area contributed by atoms with E-state index in [2.05, 4.69) is 21.2 Å². The van der Waals surface area contributed by atoms with E-state index in [1.807, 2.05) is 6.07 Å². The molecule has 46 heavy (non-hydrogen) atoms. The van der Waals surface area contributed by atoms with Gasteiger partial charge in [-0.3, -0.25) is 4.90 Å². The Labute approximate surface area is 274 Å². The van der Waals surface area contributed by atoms with Gasteiger partial charge in [-0.25, -0.2) is 8.78 Å². The summed E-state index contributed by atoms with van der Waals surface area (Å²) in [5.41, 5.74) is 7.84. The summed E-state index contributed by atoms with van der Waals surface area (Å²) in [6.07, 6.45) is 4.05. The van der Waals surface area contributed by atoms with Crippen LogP contribution in [0.2, 0.25) is 5.02 Å². The van der Waals surface area contributed by atoms with Crippen molar-refractivity contribution in [2.45, 2.75) is 50.4 Å². The molecular weight excluding hydrogens is 632 g/mol. The normalized spacial score (nSPS) is 23.7. The number of likely N-dealkylation sites (tertiary alicyclic amines) is 1.